The van der Waals surface area contributed by atoms with E-state index < -0.39 is 5.97 Å². The van der Waals surface area contributed by atoms with Crippen molar-refractivity contribution in [1.29, 1.82) is 0 Å². The van der Waals surface area contributed by atoms with Crippen LogP contribution in [0, 0.1) is 0 Å². The van der Waals surface area contributed by atoms with Crippen LogP contribution in [0.15, 0.2) is 71.1 Å². The number of rotatable bonds is 8. The van der Waals surface area contributed by atoms with Gasteiger partial charge in [-0.1, -0.05) is 42.5 Å². The fraction of sp³-hybridized carbons (Fsp3) is 0.167. The number of likely N-dealkylation sites (N-methyl/N-ethyl adjacent to an activating group) is 1. The minimum Gasteiger partial charge on any atom is -0.489 e. The fourth-order valence-electron chi connectivity index (χ4n) is 3.09. The first-order chi connectivity index (χ1) is 15.5. The predicted octanol–water partition coefficient (Wildman–Crippen LogP) is 3.70. The molecule has 162 valence electrons. The van der Waals surface area contributed by atoms with Crippen molar-refractivity contribution in [1.82, 2.24) is 14.9 Å². The van der Waals surface area contributed by atoms with E-state index in [0.717, 1.165) is 16.9 Å². The zero-order valence-corrected chi connectivity index (χ0v) is 17.4. The van der Waals surface area contributed by atoms with Gasteiger partial charge in [0.2, 0.25) is 17.5 Å². The number of ether oxygens (including phenoxy) is 1. The molecule has 1 amide bonds. The lowest BCUT2D eigenvalue weighted by molar-refractivity contribution is -0.130. The van der Waals surface area contributed by atoms with Crippen molar-refractivity contribution in [3.8, 4) is 5.75 Å². The number of amides is 1. The van der Waals surface area contributed by atoms with Gasteiger partial charge in [-0.15, -0.1) is 0 Å². The molecular formula is C24H21N3O5. The Balaban J connectivity index is 1.33. The molecule has 0 bridgehead atoms. The quantitative estimate of drug-likeness (QED) is 0.453. The minimum atomic E-state index is -1.14. The molecule has 8 nitrogen and oxygen atoms in total. The molecule has 2 heterocycles. The normalized spacial score (nSPS) is 10.8. The van der Waals surface area contributed by atoms with Crippen molar-refractivity contribution < 1.29 is 23.8 Å². The van der Waals surface area contributed by atoms with E-state index in [0.29, 0.717) is 12.1 Å². The summed E-state index contributed by atoms with van der Waals surface area (Å²) in [5.74, 6) is -0.230. The van der Waals surface area contributed by atoms with Crippen LogP contribution >= 0.6 is 0 Å². The highest BCUT2D eigenvalue weighted by atomic mass is 16.5. The molecule has 4 aromatic rings. The van der Waals surface area contributed by atoms with E-state index in [1.165, 1.54) is 17.0 Å². The van der Waals surface area contributed by atoms with Crippen molar-refractivity contribution in [2.24, 2.45) is 0 Å². The maximum absolute atomic E-state index is 12.6. The van der Waals surface area contributed by atoms with E-state index in [1.807, 2.05) is 54.6 Å². The Morgan fingerprint density at radius 2 is 1.72 bits per heavy atom. The number of benzene rings is 2. The molecule has 1 N–H and O–H groups in total. The molecule has 0 radical (unpaired) electrons. The van der Waals surface area contributed by atoms with Gasteiger partial charge in [0.1, 0.15) is 17.9 Å². The number of pyridine rings is 1. The summed E-state index contributed by atoms with van der Waals surface area (Å²) < 4.78 is 11.3. The van der Waals surface area contributed by atoms with E-state index in [2.05, 4.69) is 9.97 Å². The third-order valence-corrected chi connectivity index (χ3v) is 4.84. The maximum Gasteiger partial charge on any atom is 0.354 e. The first-order valence-electron chi connectivity index (χ1n) is 9.97. The molecule has 0 saturated carbocycles. The molecule has 0 saturated heterocycles. The second-order valence-electron chi connectivity index (χ2n) is 7.28. The number of carbonyl (C=O) groups is 2. The van der Waals surface area contributed by atoms with E-state index in [9.17, 15) is 9.59 Å². The van der Waals surface area contributed by atoms with Crippen LogP contribution in [0.25, 0.3) is 11.2 Å². The summed E-state index contributed by atoms with van der Waals surface area (Å²) in [6.07, 6.45) is 0.219. The van der Waals surface area contributed by atoms with Gasteiger partial charge in [-0.05, 0) is 35.4 Å². The standard InChI is InChI=1S/C24H21N3O5/c1-27(14-21-25-19-11-12-20(24(29)30)26-23(19)32-21)22(28)13-16-7-9-18(10-8-16)31-15-17-5-3-2-4-6-17/h2-12H,13-15H2,1H3,(H,29,30). The Bertz CT molecular complexity index is 1240. The summed E-state index contributed by atoms with van der Waals surface area (Å²) in [6, 6.07) is 20.2. The molecule has 0 fully saturated rings. The number of hydrogen-bond donors (Lipinski definition) is 1. The van der Waals surface area contributed by atoms with Gasteiger partial charge in [0.15, 0.2) is 5.69 Å². The summed E-state index contributed by atoms with van der Waals surface area (Å²) >= 11 is 0. The molecule has 0 aliphatic heterocycles. The Labute approximate surface area is 184 Å². The van der Waals surface area contributed by atoms with Crippen LogP contribution in [-0.4, -0.2) is 38.9 Å². The average Bonchev–Trinajstić information content (AvgIpc) is 3.20. The molecule has 2 aromatic carbocycles. The lowest BCUT2D eigenvalue weighted by atomic mass is 10.1. The third-order valence-electron chi connectivity index (χ3n) is 4.84. The number of aromatic carboxylic acids is 1. The SMILES string of the molecule is CN(Cc1nc2ccc(C(=O)O)nc2o1)C(=O)Cc1ccc(OCc2ccccc2)cc1. The molecule has 0 spiro atoms. The van der Waals surface area contributed by atoms with Gasteiger partial charge in [-0.25, -0.2) is 14.8 Å². The van der Waals surface area contributed by atoms with Gasteiger partial charge in [0, 0.05) is 7.05 Å². The molecule has 0 atom stereocenters. The molecule has 0 aliphatic carbocycles. The molecule has 32 heavy (non-hydrogen) atoms. The van der Waals surface area contributed by atoms with E-state index >= 15 is 0 Å². The number of oxazole rings is 1. The van der Waals surface area contributed by atoms with Gasteiger partial charge in [0.05, 0.1) is 13.0 Å². The van der Waals surface area contributed by atoms with Crippen LogP contribution in [0.1, 0.15) is 27.5 Å². The first kappa shape index (κ1) is 21.0. The summed E-state index contributed by atoms with van der Waals surface area (Å²) in [5, 5.41) is 9.02. The smallest absolute Gasteiger partial charge is 0.354 e. The van der Waals surface area contributed by atoms with Gasteiger partial charge >= 0.3 is 5.97 Å². The zero-order chi connectivity index (χ0) is 22.5. The lowest BCUT2D eigenvalue weighted by Gasteiger charge is -2.15. The summed E-state index contributed by atoms with van der Waals surface area (Å²) in [4.78, 5) is 33.3. The number of aromatic nitrogens is 2. The highest BCUT2D eigenvalue weighted by molar-refractivity contribution is 5.87. The van der Waals surface area contributed by atoms with Crippen molar-refractivity contribution in [3.05, 3.63) is 89.4 Å². The fourth-order valence-corrected chi connectivity index (χ4v) is 3.09. The lowest BCUT2D eigenvalue weighted by Crippen LogP contribution is -2.27. The summed E-state index contributed by atoms with van der Waals surface area (Å²) in [6.45, 7) is 0.630. The van der Waals surface area contributed by atoms with E-state index in [-0.39, 0.29) is 36.2 Å². The number of nitrogens with zero attached hydrogens (tertiary/aromatic N) is 3. The number of carboxylic acids is 1. The zero-order valence-electron chi connectivity index (χ0n) is 17.4. The Hall–Kier alpha value is -4.20. The highest BCUT2D eigenvalue weighted by Gasteiger charge is 2.16. The van der Waals surface area contributed by atoms with Crippen LogP contribution in [0.5, 0.6) is 5.75 Å². The summed E-state index contributed by atoms with van der Waals surface area (Å²) in [5.41, 5.74) is 2.39. The molecule has 4 rings (SSSR count). The monoisotopic (exact) mass is 431 g/mol. The van der Waals surface area contributed by atoms with Crippen LogP contribution < -0.4 is 4.74 Å². The molecule has 0 aliphatic rings. The molecule has 8 heteroatoms. The van der Waals surface area contributed by atoms with Crippen molar-refractivity contribution >= 4 is 23.1 Å². The second-order valence-corrected chi connectivity index (χ2v) is 7.28. The molecule has 2 aromatic heterocycles. The van der Waals surface area contributed by atoms with Crippen molar-refractivity contribution in [2.75, 3.05) is 7.05 Å². The largest absolute Gasteiger partial charge is 0.489 e. The van der Waals surface area contributed by atoms with Gasteiger partial charge in [-0.2, -0.15) is 0 Å². The van der Waals surface area contributed by atoms with Crippen LogP contribution in [0.2, 0.25) is 0 Å². The Morgan fingerprint density at radius 3 is 2.44 bits per heavy atom. The van der Waals surface area contributed by atoms with Gasteiger partial charge < -0.3 is 19.2 Å². The molecular weight excluding hydrogens is 410 g/mol. The number of hydrogen-bond acceptors (Lipinski definition) is 6. The Kier molecular flexibility index (Phi) is 6.12. The van der Waals surface area contributed by atoms with Gasteiger partial charge in [-0.3, -0.25) is 4.79 Å². The van der Waals surface area contributed by atoms with Crippen molar-refractivity contribution in [3.63, 3.8) is 0 Å². The molecule has 0 unspecified atom stereocenters. The maximum atomic E-state index is 12.6. The third kappa shape index (κ3) is 5.10. The number of carbonyl (C=O) groups excluding carboxylic acids is 1. The Morgan fingerprint density at radius 1 is 0.969 bits per heavy atom. The second kappa shape index (κ2) is 9.30. The predicted molar refractivity (Wildman–Crippen MR) is 116 cm³/mol. The van der Waals surface area contributed by atoms with E-state index in [4.69, 9.17) is 14.3 Å². The number of carboxylic acid groups (broad SMARTS) is 1. The van der Waals surface area contributed by atoms with Crippen molar-refractivity contribution in [2.45, 2.75) is 19.6 Å². The first-order valence-corrected chi connectivity index (χ1v) is 9.97. The van der Waals surface area contributed by atoms with Gasteiger partial charge in [0.25, 0.3) is 0 Å². The average molecular weight is 431 g/mol. The highest BCUT2D eigenvalue weighted by Crippen LogP contribution is 2.17. The van der Waals surface area contributed by atoms with Crippen LogP contribution in [-0.2, 0) is 24.4 Å². The topological polar surface area (TPSA) is 106 Å². The van der Waals surface area contributed by atoms with E-state index in [1.54, 1.807) is 7.05 Å². The number of fused-ring (bicyclic) bond motifs is 1. The van der Waals surface area contributed by atoms with Crippen LogP contribution in [0.4, 0.5) is 0 Å². The summed E-state index contributed by atoms with van der Waals surface area (Å²) in [7, 11) is 1.66. The minimum absolute atomic E-state index is 0.107. The van der Waals surface area contributed by atoms with Crippen LogP contribution in [0.3, 0.4) is 0 Å².